The van der Waals surface area contributed by atoms with Crippen molar-refractivity contribution < 1.29 is 5.11 Å². The number of nitriles is 1. The lowest BCUT2D eigenvalue weighted by Gasteiger charge is -2.14. The van der Waals surface area contributed by atoms with Crippen molar-refractivity contribution in [3.63, 3.8) is 0 Å². The lowest BCUT2D eigenvalue weighted by atomic mass is 10.1. The van der Waals surface area contributed by atoms with Gasteiger partial charge in [-0.2, -0.15) is 5.26 Å². The fourth-order valence-electron chi connectivity index (χ4n) is 1.76. The van der Waals surface area contributed by atoms with E-state index in [1.54, 1.807) is 18.2 Å². The van der Waals surface area contributed by atoms with E-state index in [9.17, 15) is 5.11 Å². The van der Waals surface area contributed by atoms with Crippen LogP contribution in [0.15, 0.2) is 48.5 Å². The fraction of sp³-hybridized carbons (Fsp3) is 0.133. The number of benzene rings is 2. The summed E-state index contributed by atoms with van der Waals surface area (Å²) in [5.41, 5.74) is 1.96. The molecular weight excluding hydrogens is 260 g/mol. The van der Waals surface area contributed by atoms with Crippen molar-refractivity contribution in [2.45, 2.75) is 6.10 Å². The Kier molecular flexibility index (Phi) is 4.40. The highest BCUT2D eigenvalue weighted by molar-refractivity contribution is 6.30. The van der Waals surface area contributed by atoms with E-state index in [0.717, 1.165) is 5.56 Å². The van der Waals surface area contributed by atoms with Gasteiger partial charge in [0.25, 0.3) is 0 Å². The Morgan fingerprint density at radius 1 is 1.21 bits per heavy atom. The van der Waals surface area contributed by atoms with Gasteiger partial charge < -0.3 is 10.4 Å². The van der Waals surface area contributed by atoms with Crippen molar-refractivity contribution in [2.75, 3.05) is 11.9 Å². The van der Waals surface area contributed by atoms with Gasteiger partial charge in [0, 0.05) is 11.6 Å². The summed E-state index contributed by atoms with van der Waals surface area (Å²) in [7, 11) is 0. The standard InChI is InChI=1S/C15H13ClN2O/c16-13-7-6-12(9-17)14(8-13)18-10-15(19)11-4-2-1-3-5-11/h1-8,15,18-19H,10H2. The van der Waals surface area contributed by atoms with Crippen LogP contribution in [0.4, 0.5) is 5.69 Å². The number of rotatable bonds is 4. The van der Waals surface area contributed by atoms with Gasteiger partial charge in [-0.3, -0.25) is 0 Å². The van der Waals surface area contributed by atoms with Crippen LogP contribution in [-0.2, 0) is 0 Å². The first-order valence-electron chi connectivity index (χ1n) is 5.87. The normalized spacial score (nSPS) is 11.6. The van der Waals surface area contributed by atoms with Crippen LogP contribution in [0, 0.1) is 11.3 Å². The molecule has 0 bridgehead atoms. The van der Waals surface area contributed by atoms with Crippen molar-refractivity contribution >= 4 is 17.3 Å². The van der Waals surface area contributed by atoms with Crippen molar-refractivity contribution in [1.82, 2.24) is 0 Å². The van der Waals surface area contributed by atoms with E-state index in [1.165, 1.54) is 0 Å². The molecule has 1 atom stereocenters. The van der Waals surface area contributed by atoms with Crippen molar-refractivity contribution in [2.24, 2.45) is 0 Å². The quantitative estimate of drug-likeness (QED) is 0.897. The predicted molar refractivity (Wildman–Crippen MR) is 76.1 cm³/mol. The third-order valence-corrected chi connectivity index (χ3v) is 3.01. The third-order valence-electron chi connectivity index (χ3n) is 2.77. The number of nitrogens with zero attached hydrogens (tertiary/aromatic N) is 1. The molecule has 1 unspecified atom stereocenters. The minimum atomic E-state index is -0.633. The third kappa shape index (κ3) is 3.47. The highest BCUT2D eigenvalue weighted by atomic mass is 35.5. The maximum absolute atomic E-state index is 10.0. The average molecular weight is 273 g/mol. The molecule has 96 valence electrons. The van der Waals surface area contributed by atoms with Crippen molar-refractivity contribution in [3.05, 3.63) is 64.7 Å². The van der Waals surface area contributed by atoms with Gasteiger partial charge in [0.2, 0.25) is 0 Å². The smallest absolute Gasteiger partial charge is 0.101 e. The highest BCUT2D eigenvalue weighted by Crippen LogP contribution is 2.21. The summed E-state index contributed by atoms with van der Waals surface area (Å²) in [4.78, 5) is 0. The maximum Gasteiger partial charge on any atom is 0.101 e. The molecule has 0 aromatic heterocycles. The van der Waals surface area contributed by atoms with E-state index < -0.39 is 6.10 Å². The van der Waals surface area contributed by atoms with Gasteiger partial charge in [-0.15, -0.1) is 0 Å². The van der Waals surface area contributed by atoms with Gasteiger partial charge in [-0.05, 0) is 23.8 Å². The Bertz CT molecular complexity index is 593. The molecular formula is C15H13ClN2O. The highest BCUT2D eigenvalue weighted by Gasteiger charge is 2.08. The zero-order valence-corrected chi connectivity index (χ0v) is 10.9. The van der Waals surface area contributed by atoms with Crippen LogP contribution in [0.2, 0.25) is 5.02 Å². The molecule has 0 saturated heterocycles. The molecule has 0 radical (unpaired) electrons. The van der Waals surface area contributed by atoms with Crippen LogP contribution in [0.3, 0.4) is 0 Å². The Labute approximate surface area is 117 Å². The number of hydrogen-bond donors (Lipinski definition) is 2. The molecule has 0 aliphatic heterocycles. The fourth-order valence-corrected chi connectivity index (χ4v) is 1.93. The van der Waals surface area contributed by atoms with Crippen LogP contribution in [0.5, 0.6) is 0 Å². The molecule has 2 aromatic rings. The molecule has 2 rings (SSSR count). The Hall–Kier alpha value is -2.02. The topological polar surface area (TPSA) is 56.0 Å². The molecule has 2 aromatic carbocycles. The molecule has 4 heteroatoms. The minimum absolute atomic E-state index is 0.318. The molecule has 0 fully saturated rings. The summed E-state index contributed by atoms with van der Waals surface area (Å²) in [6, 6.07) is 16.4. The number of aliphatic hydroxyl groups is 1. The molecule has 0 aliphatic carbocycles. The zero-order chi connectivity index (χ0) is 13.7. The van der Waals surface area contributed by atoms with E-state index in [-0.39, 0.29) is 0 Å². The molecule has 19 heavy (non-hydrogen) atoms. The van der Waals surface area contributed by atoms with Crippen LogP contribution < -0.4 is 5.32 Å². The van der Waals surface area contributed by atoms with Gasteiger partial charge >= 0.3 is 0 Å². The summed E-state index contributed by atoms with van der Waals surface area (Å²) < 4.78 is 0. The van der Waals surface area contributed by atoms with Gasteiger partial charge in [-0.1, -0.05) is 41.9 Å². The summed E-state index contributed by atoms with van der Waals surface area (Å²) in [6.45, 7) is 0.318. The second-order valence-corrected chi connectivity index (χ2v) is 4.55. The second kappa shape index (κ2) is 6.24. The number of halogens is 1. The molecule has 2 N–H and O–H groups in total. The summed E-state index contributed by atoms with van der Waals surface area (Å²) in [6.07, 6.45) is -0.633. The Morgan fingerprint density at radius 2 is 1.95 bits per heavy atom. The van der Waals surface area contributed by atoms with Gasteiger partial charge in [0.05, 0.1) is 17.4 Å². The first kappa shape index (κ1) is 13.4. The summed E-state index contributed by atoms with van der Waals surface area (Å²) >= 11 is 5.89. The number of aliphatic hydroxyl groups excluding tert-OH is 1. The molecule has 0 spiro atoms. The maximum atomic E-state index is 10.0. The number of nitrogens with one attached hydrogen (secondary N) is 1. The van der Waals surface area contributed by atoms with Crippen LogP contribution in [-0.4, -0.2) is 11.7 Å². The van der Waals surface area contributed by atoms with Crippen LogP contribution in [0.25, 0.3) is 0 Å². The first-order chi connectivity index (χ1) is 9.20. The second-order valence-electron chi connectivity index (χ2n) is 4.11. The van der Waals surface area contributed by atoms with Gasteiger partial charge in [0.1, 0.15) is 6.07 Å². The predicted octanol–water partition coefficient (Wildman–Crippen LogP) is 3.36. The molecule has 0 aliphatic rings. The molecule has 0 heterocycles. The lowest BCUT2D eigenvalue weighted by Crippen LogP contribution is -2.12. The largest absolute Gasteiger partial charge is 0.387 e. The van der Waals surface area contributed by atoms with E-state index >= 15 is 0 Å². The van der Waals surface area contributed by atoms with Crippen LogP contribution in [0.1, 0.15) is 17.2 Å². The monoisotopic (exact) mass is 272 g/mol. The van der Waals surface area contributed by atoms with Gasteiger partial charge in [-0.25, -0.2) is 0 Å². The summed E-state index contributed by atoms with van der Waals surface area (Å²) in [5, 5.41) is 22.6. The van der Waals surface area contributed by atoms with E-state index in [2.05, 4.69) is 11.4 Å². The molecule has 0 amide bonds. The van der Waals surface area contributed by atoms with Crippen molar-refractivity contribution in [1.29, 1.82) is 5.26 Å². The van der Waals surface area contributed by atoms with Crippen molar-refractivity contribution in [3.8, 4) is 6.07 Å². The Balaban J connectivity index is 2.07. The first-order valence-corrected chi connectivity index (χ1v) is 6.25. The molecule has 3 nitrogen and oxygen atoms in total. The lowest BCUT2D eigenvalue weighted by molar-refractivity contribution is 0.191. The summed E-state index contributed by atoms with van der Waals surface area (Å²) in [5.74, 6) is 0. The number of hydrogen-bond acceptors (Lipinski definition) is 3. The van der Waals surface area contributed by atoms with Crippen LogP contribution >= 0.6 is 11.6 Å². The van der Waals surface area contributed by atoms with E-state index in [4.69, 9.17) is 16.9 Å². The van der Waals surface area contributed by atoms with E-state index in [1.807, 2.05) is 30.3 Å². The zero-order valence-electron chi connectivity index (χ0n) is 10.2. The average Bonchev–Trinajstić information content (AvgIpc) is 2.46. The Morgan fingerprint density at radius 3 is 2.63 bits per heavy atom. The van der Waals surface area contributed by atoms with E-state index in [0.29, 0.717) is 22.8 Å². The minimum Gasteiger partial charge on any atom is -0.387 e. The molecule has 0 saturated carbocycles. The SMILES string of the molecule is N#Cc1ccc(Cl)cc1NCC(O)c1ccccc1. The number of anilines is 1. The van der Waals surface area contributed by atoms with Gasteiger partial charge in [0.15, 0.2) is 0 Å².